The van der Waals surface area contributed by atoms with Crippen molar-refractivity contribution in [3.05, 3.63) is 27.3 Å². The topological polar surface area (TPSA) is 29.1 Å². The first-order valence-corrected chi connectivity index (χ1v) is 17.6. The van der Waals surface area contributed by atoms with Crippen LogP contribution in [0.25, 0.3) is 0 Å². The van der Waals surface area contributed by atoms with E-state index in [0.29, 0.717) is 0 Å². The van der Waals surface area contributed by atoms with Gasteiger partial charge in [0.1, 0.15) is 0 Å². The van der Waals surface area contributed by atoms with E-state index in [-0.39, 0.29) is 5.91 Å². The summed E-state index contributed by atoms with van der Waals surface area (Å²) in [4.78, 5) is 10.9. The summed E-state index contributed by atoms with van der Waals surface area (Å²) < 4.78 is 1.42. The number of carbonyl (C=O) groups is 1. The number of rotatable bonds is 2. The number of benzene rings is 1. The van der Waals surface area contributed by atoms with Crippen molar-refractivity contribution in [2.24, 2.45) is 0 Å². The van der Waals surface area contributed by atoms with Crippen LogP contribution in [0.2, 0.25) is 0 Å². The Balaban J connectivity index is 3.00. The molecule has 14 heavy (non-hydrogen) atoms. The molecule has 0 heterocycles. The molecule has 1 amide bonds. The zero-order valence-electron chi connectivity index (χ0n) is 7.77. The summed E-state index contributed by atoms with van der Waals surface area (Å²) in [7, 11) is 0. The van der Waals surface area contributed by atoms with E-state index < -0.39 is 11.9 Å². The molecule has 1 rings (SSSR count). The van der Waals surface area contributed by atoms with Gasteiger partial charge in [0, 0.05) is 0 Å². The van der Waals surface area contributed by atoms with Gasteiger partial charge in [0.15, 0.2) is 0 Å². The van der Waals surface area contributed by atoms with Crippen molar-refractivity contribution in [2.75, 3.05) is 5.32 Å². The van der Waals surface area contributed by atoms with Crippen molar-refractivity contribution >= 4 is 60.7 Å². The Morgan fingerprint density at radius 2 is 2.07 bits per heavy atom. The molecule has 1 N–H and O–H groups in total. The monoisotopic (exact) mass is 529 g/mol. The average Bonchev–Trinajstić information content (AvgIpc) is 2.07. The molecule has 0 aliphatic rings. The zero-order valence-corrected chi connectivity index (χ0v) is 14.2. The van der Waals surface area contributed by atoms with Gasteiger partial charge in [-0.2, -0.15) is 0 Å². The van der Waals surface area contributed by atoms with E-state index >= 15 is 0 Å². The van der Waals surface area contributed by atoms with Crippen molar-refractivity contribution in [2.45, 2.75) is 13.8 Å². The molecular formula is C9H10I3NO. The van der Waals surface area contributed by atoms with Crippen molar-refractivity contribution in [1.29, 1.82) is 0 Å². The quantitative estimate of drug-likeness (QED) is 0.569. The molecule has 0 atom stereocenters. The van der Waals surface area contributed by atoms with Crippen LogP contribution in [0.5, 0.6) is 0 Å². The molecule has 0 fully saturated rings. The van der Waals surface area contributed by atoms with Crippen molar-refractivity contribution < 1.29 is 4.79 Å². The van der Waals surface area contributed by atoms with E-state index in [1.807, 2.05) is 6.07 Å². The van der Waals surface area contributed by atoms with Gasteiger partial charge in [-0.05, 0) is 0 Å². The van der Waals surface area contributed by atoms with Gasteiger partial charge in [-0.3, -0.25) is 0 Å². The molecule has 0 saturated heterocycles. The Bertz CT molecular complexity index is 352. The maximum absolute atomic E-state index is 10.9. The van der Waals surface area contributed by atoms with Crippen LogP contribution in [0.15, 0.2) is 18.2 Å². The Morgan fingerprint density at radius 1 is 1.43 bits per heavy atom. The fraction of sp³-hybridized carbons (Fsp3) is 0.222. The minimum atomic E-state index is -1.02. The van der Waals surface area contributed by atoms with Crippen molar-refractivity contribution in [1.82, 2.24) is 0 Å². The molecule has 1 aromatic rings. The molecule has 1 aromatic carbocycles. The van der Waals surface area contributed by atoms with Crippen LogP contribution < -0.4 is 5.32 Å². The summed E-state index contributed by atoms with van der Waals surface area (Å²) >= 11 is 4.01. The number of nitrogens with one attached hydrogen (secondary N) is 1. The normalized spacial score (nSPS) is 11.0. The number of hydrogen-bond acceptors (Lipinski definition) is 1. The van der Waals surface area contributed by atoms with Crippen LogP contribution in [0.4, 0.5) is 5.69 Å². The second-order valence-electron chi connectivity index (χ2n) is 2.84. The molecule has 0 aliphatic carbocycles. The van der Waals surface area contributed by atoms with Crippen molar-refractivity contribution in [3.8, 4) is 0 Å². The summed E-state index contributed by atoms with van der Waals surface area (Å²) in [6, 6.07) is 6.12. The summed E-state index contributed by atoms with van der Waals surface area (Å²) in [5.74, 6) is -0.0120. The maximum atomic E-state index is 10.9. The third-order valence-electron chi connectivity index (χ3n) is 1.65. The van der Waals surface area contributed by atoms with E-state index in [0.717, 1.165) is 5.69 Å². The molecule has 2 nitrogen and oxygen atoms in total. The molecule has 0 radical (unpaired) electrons. The van der Waals surface area contributed by atoms with Crippen molar-refractivity contribution in [3.63, 3.8) is 0 Å². The summed E-state index contributed by atoms with van der Waals surface area (Å²) in [6.45, 7) is 3.65. The van der Waals surface area contributed by atoms with Crippen LogP contribution in [-0.2, 0) is 4.79 Å². The molecule has 5 heteroatoms. The van der Waals surface area contributed by atoms with Gasteiger partial charge in [-0.1, -0.05) is 0 Å². The number of anilines is 1. The molecule has 78 valence electrons. The first-order chi connectivity index (χ1) is 6.50. The van der Waals surface area contributed by atoms with Gasteiger partial charge in [-0.25, -0.2) is 0 Å². The fourth-order valence-electron chi connectivity index (χ4n) is 1.03. The third kappa shape index (κ3) is 3.80. The minimum absolute atomic E-state index is 0.0120. The van der Waals surface area contributed by atoms with Crippen LogP contribution in [0.3, 0.4) is 0 Å². The first kappa shape index (κ1) is 12.9. The Morgan fingerprint density at radius 3 is 2.57 bits per heavy atom. The van der Waals surface area contributed by atoms with E-state index in [1.54, 1.807) is 0 Å². The van der Waals surface area contributed by atoms with Crippen LogP contribution in [0, 0.1) is 10.5 Å². The molecule has 0 saturated carbocycles. The molecule has 0 aromatic heterocycles. The zero-order chi connectivity index (χ0) is 10.7. The number of amides is 1. The fourth-order valence-corrected chi connectivity index (χ4v) is 8.31. The summed E-state index contributed by atoms with van der Waals surface area (Å²) in [5, 5.41) is 2.81. The molecule has 0 spiro atoms. The van der Waals surface area contributed by atoms with E-state index in [4.69, 9.17) is 0 Å². The molecule has 0 aliphatic heterocycles. The number of aryl methyl sites for hydroxylation is 1. The predicted molar refractivity (Wildman–Crippen MR) is 86.2 cm³/mol. The molecule has 0 bridgehead atoms. The predicted octanol–water partition coefficient (Wildman–Crippen LogP) is 4.33. The third-order valence-corrected chi connectivity index (χ3v) is 9.58. The van der Waals surface area contributed by atoms with Gasteiger partial charge in [0.2, 0.25) is 0 Å². The SMILES string of the molecule is CC(=O)Nc1ccc(C)c(I(I)I)c1. The second kappa shape index (κ2) is 5.83. The molecular weight excluding hydrogens is 519 g/mol. The van der Waals surface area contributed by atoms with E-state index in [2.05, 4.69) is 61.6 Å². The summed E-state index contributed by atoms with van der Waals surface area (Å²) in [6.07, 6.45) is 0. The van der Waals surface area contributed by atoms with Gasteiger partial charge in [0.05, 0.1) is 0 Å². The van der Waals surface area contributed by atoms with Gasteiger partial charge in [0.25, 0.3) is 0 Å². The van der Waals surface area contributed by atoms with Crippen LogP contribution in [-0.4, -0.2) is 5.91 Å². The standard InChI is InChI=1S/C9H10I3NO/c1-6-3-4-8(13-7(2)14)5-9(6)12(10)11/h3-5H,1-2H3,(H,13,14). The number of carbonyl (C=O) groups excluding carboxylic acids is 1. The van der Waals surface area contributed by atoms with E-state index in [9.17, 15) is 4.79 Å². The first-order valence-electron chi connectivity index (χ1n) is 3.92. The van der Waals surface area contributed by atoms with Gasteiger partial charge >= 0.3 is 112 Å². The Labute approximate surface area is 110 Å². The van der Waals surface area contributed by atoms with Gasteiger partial charge in [-0.15, -0.1) is 0 Å². The van der Waals surface area contributed by atoms with Crippen LogP contribution in [0.1, 0.15) is 12.5 Å². The average molecular weight is 529 g/mol. The Hall–Kier alpha value is 0.880. The second-order valence-corrected chi connectivity index (χ2v) is 26.5. The molecule has 0 unspecified atom stereocenters. The number of hydrogen-bond donors (Lipinski definition) is 1. The van der Waals surface area contributed by atoms with E-state index in [1.165, 1.54) is 16.1 Å². The van der Waals surface area contributed by atoms with Gasteiger partial charge < -0.3 is 0 Å². The Kier molecular flexibility index (Phi) is 5.39. The van der Waals surface area contributed by atoms with Crippen LogP contribution >= 0.6 is 49.1 Å². The summed E-state index contributed by atoms with van der Waals surface area (Å²) in [5.41, 5.74) is 2.24. The number of halogens is 3.